The molecule has 2 aliphatic rings. The maximum Gasteiger partial charge on any atom is 0.410 e. The molecule has 1 heterocycles. The van der Waals surface area contributed by atoms with Gasteiger partial charge in [-0.3, -0.25) is 4.90 Å². The van der Waals surface area contributed by atoms with Crippen LogP contribution in [0.2, 0.25) is 0 Å². The summed E-state index contributed by atoms with van der Waals surface area (Å²) in [5, 5.41) is 9.64. The van der Waals surface area contributed by atoms with Gasteiger partial charge in [0.25, 0.3) is 0 Å². The lowest BCUT2D eigenvalue weighted by Gasteiger charge is -2.37. The summed E-state index contributed by atoms with van der Waals surface area (Å²) in [6, 6.07) is 15.3. The number of carboxylic acid groups (broad SMARTS) is 1. The van der Waals surface area contributed by atoms with Gasteiger partial charge in [0.1, 0.15) is 12.6 Å². The van der Waals surface area contributed by atoms with E-state index in [1.807, 2.05) is 38.1 Å². The molecule has 158 valence electrons. The molecule has 1 aliphatic heterocycles. The molecule has 2 aromatic rings. The summed E-state index contributed by atoms with van der Waals surface area (Å²) < 4.78 is 11.4. The fourth-order valence-electron chi connectivity index (χ4n) is 4.57. The average Bonchev–Trinajstić information content (AvgIpc) is 3.05. The van der Waals surface area contributed by atoms with Crippen LogP contribution in [0, 0.1) is 0 Å². The SMILES string of the molecule is CC(C)OC1CCN(C(=O)OCC2c3ccccc3-c3ccccc32)C(C(=O)O)C1. The summed E-state index contributed by atoms with van der Waals surface area (Å²) in [4.78, 5) is 25.9. The number of nitrogens with zero attached hydrogens (tertiary/aromatic N) is 1. The van der Waals surface area contributed by atoms with Crippen LogP contribution in [0.1, 0.15) is 43.7 Å². The molecule has 1 aliphatic carbocycles. The molecule has 4 rings (SSSR count). The number of hydrogen-bond acceptors (Lipinski definition) is 4. The minimum absolute atomic E-state index is 0.0189. The third kappa shape index (κ3) is 3.92. The smallest absolute Gasteiger partial charge is 0.410 e. The second-order valence-corrected chi connectivity index (χ2v) is 8.18. The maximum absolute atomic E-state index is 12.8. The van der Waals surface area contributed by atoms with Gasteiger partial charge in [0.2, 0.25) is 0 Å². The second-order valence-electron chi connectivity index (χ2n) is 8.18. The molecule has 2 atom stereocenters. The van der Waals surface area contributed by atoms with E-state index in [-0.39, 0.29) is 31.2 Å². The van der Waals surface area contributed by atoms with Gasteiger partial charge < -0.3 is 14.6 Å². The van der Waals surface area contributed by atoms with Crippen molar-refractivity contribution in [1.29, 1.82) is 0 Å². The summed E-state index contributed by atoms with van der Waals surface area (Å²) in [6.45, 7) is 4.34. The van der Waals surface area contributed by atoms with Crippen LogP contribution in [-0.4, -0.2) is 53.5 Å². The van der Waals surface area contributed by atoms with Gasteiger partial charge in [0, 0.05) is 18.9 Å². The molecular weight excluding hydrogens is 382 g/mol. The van der Waals surface area contributed by atoms with E-state index in [0.29, 0.717) is 13.0 Å². The number of aliphatic carboxylic acids is 1. The van der Waals surface area contributed by atoms with E-state index in [2.05, 4.69) is 24.3 Å². The molecule has 0 bridgehead atoms. The molecule has 0 radical (unpaired) electrons. The highest BCUT2D eigenvalue weighted by molar-refractivity contribution is 5.81. The van der Waals surface area contributed by atoms with Crippen LogP contribution in [0.25, 0.3) is 11.1 Å². The number of carbonyl (C=O) groups is 2. The van der Waals surface area contributed by atoms with E-state index in [0.717, 1.165) is 22.3 Å². The Bertz CT molecular complexity index is 895. The van der Waals surface area contributed by atoms with Gasteiger partial charge in [-0.25, -0.2) is 9.59 Å². The Morgan fingerprint density at radius 2 is 1.67 bits per heavy atom. The van der Waals surface area contributed by atoms with Gasteiger partial charge in [-0.15, -0.1) is 0 Å². The normalized spacial score (nSPS) is 20.7. The molecule has 0 saturated carbocycles. The molecule has 1 fully saturated rings. The number of benzene rings is 2. The van der Waals surface area contributed by atoms with Gasteiger partial charge in [-0.2, -0.15) is 0 Å². The number of piperidine rings is 1. The number of carbonyl (C=O) groups excluding carboxylic acids is 1. The highest BCUT2D eigenvalue weighted by atomic mass is 16.6. The van der Waals surface area contributed by atoms with E-state index in [1.54, 1.807) is 0 Å². The Labute approximate surface area is 176 Å². The van der Waals surface area contributed by atoms with Crippen molar-refractivity contribution in [3.63, 3.8) is 0 Å². The molecule has 6 nitrogen and oxygen atoms in total. The number of hydrogen-bond donors (Lipinski definition) is 1. The summed E-state index contributed by atoms with van der Waals surface area (Å²) in [5.41, 5.74) is 4.57. The van der Waals surface area contributed by atoms with Gasteiger partial charge in [0.05, 0.1) is 12.2 Å². The monoisotopic (exact) mass is 409 g/mol. The molecule has 0 spiro atoms. The summed E-state index contributed by atoms with van der Waals surface area (Å²) in [6.07, 6.45) is 0.158. The predicted molar refractivity (Wildman–Crippen MR) is 112 cm³/mol. The van der Waals surface area contributed by atoms with E-state index < -0.39 is 18.1 Å². The Morgan fingerprint density at radius 1 is 1.07 bits per heavy atom. The van der Waals surface area contributed by atoms with Crippen molar-refractivity contribution in [2.45, 2.75) is 50.9 Å². The topological polar surface area (TPSA) is 76.1 Å². The number of likely N-dealkylation sites (tertiary alicyclic amines) is 1. The zero-order valence-corrected chi connectivity index (χ0v) is 17.3. The van der Waals surface area contributed by atoms with Crippen molar-refractivity contribution in [3.8, 4) is 11.1 Å². The van der Waals surface area contributed by atoms with Crippen molar-refractivity contribution in [2.75, 3.05) is 13.2 Å². The highest BCUT2D eigenvalue weighted by Gasteiger charge is 2.38. The van der Waals surface area contributed by atoms with Crippen molar-refractivity contribution < 1.29 is 24.2 Å². The van der Waals surface area contributed by atoms with E-state index >= 15 is 0 Å². The number of ether oxygens (including phenoxy) is 2. The van der Waals surface area contributed by atoms with Crippen LogP contribution in [0.5, 0.6) is 0 Å². The Balaban J connectivity index is 1.46. The fourth-order valence-corrected chi connectivity index (χ4v) is 4.57. The maximum atomic E-state index is 12.8. The molecule has 0 aromatic heterocycles. The zero-order valence-electron chi connectivity index (χ0n) is 17.3. The van der Waals surface area contributed by atoms with Crippen LogP contribution in [0.4, 0.5) is 4.79 Å². The first-order valence-electron chi connectivity index (χ1n) is 10.5. The molecule has 2 aromatic carbocycles. The highest BCUT2D eigenvalue weighted by Crippen LogP contribution is 2.44. The van der Waals surface area contributed by atoms with Crippen LogP contribution >= 0.6 is 0 Å². The van der Waals surface area contributed by atoms with Gasteiger partial charge in [-0.05, 0) is 42.5 Å². The number of carboxylic acids is 1. The summed E-state index contributed by atoms with van der Waals surface area (Å²) in [7, 11) is 0. The van der Waals surface area contributed by atoms with E-state index in [9.17, 15) is 14.7 Å². The molecule has 1 amide bonds. The van der Waals surface area contributed by atoms with Crippen molar-refractivity contribution in [1.82, 2.24) is 4.90 Å². The average molecular weight is 409 g/mol. The molecule has 1 saturated heterocycles. The Kier molecular flexibility index (Phi) is 5.77. The first-order chi connectivity index (χ1) is 14.5. The van der Waals surface area contributed by atoms with Crippen LogP contribution in [0.15, 0.2) is 48.5 Å². The number of rotatable bonds is 5. The third-order valence-electron chi connectivity index (χ3n) is 5.87. The Hall–Kier alpha value is -2.86. The zero-order chi connectivity index (χ0) is 21.3. The predicted octanol–water partition coefficient (Wildman–Crippen LogP) is 4.28. The third-order valence-corrected chi connectivity index (χ3v) is 5.87. The number of fused-ring (bicyclic) bond motifs is 3. The minimum Gasteiger partial charge on any atom is -0.480 e. The van der Waals surface area contributed by atoms with Crippen molar-refractivity contribution in [3.05, 3.63) is 59.7 Å². The molecule has 6 heteroatoms. The first kappa shape index (κ1) is 20.4. The fraction of sp³-hybridized carbons (Fsp3) is 0.417. The summed E-state index contributed by atoms with van der Waals surface area (Å²) >= 11 is 0. The quantitative estimate of drug-likeness (QED) is 0.798. The molecule has 30 heavy (non-hydrogen) atoms. The van der Waals surface area contributed by atoms with Crippen molar-refractivity contribution >= 4 is 12.1 Å². The second kappa shape index (κ2) is 8.48. The lowest BCUT2D eigenvalue weighted by atomic mass is 9.98. The first-order valence-corrected chi connectivity index (χ1v) is 10.5. The van der Waals surface area contributed by atoms with Crippen LogP contribution < -0.4 is 0 Å². The standard InChI is InChI=1S/C24H27NO5/c1-15(2)30-16-11-12-25(22(13-16)23(26)27)24(28)29-14-21-19-9-5-3-7-17(19)18-8-4-6-10-20(18)21/h3-10,15-16,21-22H,11-14H2,1-2H3,(H,26,27). The van der Waals surface area contributed by atoms with E-state index in [4.69, 9.17) is 9.47 Å². The largest absolute Gasteiger partial charge is 0.480 e. The van der Waals surface area contributed by atoms with Gasteiger partial charge in [-0.1, -0.05) is 48.5 Å². The van der Waals surface area contributed by atoms with E-state index in [1.165, 1.54) is 4.90 Å². The molecular formula is C24H27NO5. The van der Waals surface area contributed by atoms with Gasteiger partial charge >= 0.3 is 12.1 Å². The van der Waals surface area contributed by atoms with Crippen LogP contribution in [0.3, 0.4) is 0 Å². The molecule has 1 N–H and O–H groups in total. The minimum atomic E-state index is -1.03. The lowest BCUT2D eigenvalue weighted by Crippen LogP contribution is -2.52. The summed E-state index contributed by atoms with van der Waals surface area (Å²) in [5.74, 6) is -1.08. The lowest BCUT2D eigenvalue weighted by molar-refractivity contribution is -0.147. The number of amides is 1. The molecule has 2 unspecified atom stereocenters. The van der Waals surface area contributed by atoms with Crippen molar-refractivity contribution in [2.24, 2.45) is 0 Å². The van der Waals surface area contributed by atoms with Crippen LogP contribution in [-0.2, 0) is 14.3 Å². The van der Waals surface area contributed by atoms with Gasteiger partial charge in [0.15, 0.2) is 0 Å². The Morgan fingerprint density at radius 3 is 2.23 bits per heavy atom.